The lowest BCUT2D eigenvalue weighted by molar-refractivity contribution is -0.132. The molecule has 0 spiro atoms. The quantitative estimate of drug-likeness (QED) is 0.773. The molecule has 0 radical (unpaired) electrons. The van der Waals surface area contributed by atoms with E-state index in [1.54, 1.807) is 20.9 Å². The van der Waals surface area contributed by atoms with Crippen LogP contribution in [-0.4, -0.2) is 69.6 Å². The van der Waals surface area contributed by atoms with Crippen molar-refractivity contribution in [1.29, 1.82) is 0 Å². The van der Waals surface area contributed by atoms with Crippen LogP contribution < -0.4 is 5.32 Å². The smallest absolute Gasteiger partial charge is 0.224 e. The number of morpholine rings is 1. The topological polar surface area (TPSA) is 75.7 Å². The van der Waals surface area contributed by atoms with Gasteiger partial charge in [0.1, 0.15) is 0 Å². The lowest BCUT2D eigenvalue weighted by Crippen LogP contribution is -2.48. The molecule has 1 aliphatic heterocycles. The van der Waals surface area contributed by atoms with Crippen molar-refractivity contribution in [3.63, 3.8) is 0 Å². The van der Waals surface area contributed by atoms with Crippen molar-refractivity contribution in [3.05, 3.63) is 0 Å². The Hall–Kier alpha value is -0.370. The van der Waals surface area contributed by atoms with Crippen LogP contribution in [0, 0.1) is 0 Å². The van der Waals surface area contributed by atoms with Crippen LogP contribution in [0.15, 0.2) is 0 Å². The molecule has 120 valence electrons. The van der Waals surface area contributed by atoms with E-state index in [1.807, 2.05) is 0 Å². The maximum Gasteiger partial charge on any atom is 0.224 e. The number of carbonyl (C=O) groups is 1. The average Bonchev–Trinajstić information content (AvgIpc) is 2.36. The number of nitrogens with zero attached hydrogens (tertiary/aromatic N) is 1. The van der Waals surface area contributed by atoms with Gasteiger partial charge in [0.2, 0.25) is 5.91 Å². The zero-order valence-electron chi connectivity index (χ0n) is 12.5. The Morgan fingerprint density at radius 1 is 1.45 bits per heavy atom. The van der Waals surface area contributed by atoms with Gasteiger partial charge >= 0.3 is 0 Å². The summed E-state index contributed by atoms with van der Waals surface area (Å²) in [6, 6.07) is -0.323. The van der Waals surface area contributed by atoms with Gasteiger partial charge in [-0.3, -0.25) is 4.79 Å². The highest BCUT2D eigenvalue weighted by Crippen LogP contribution is 2.12. The van der Waals surface area contributed by atoms with Gasteiger partial charge in [-0.2, -0.15) is 0 Å². The fraction of sp³-hybridized carbons (Fsp3) is 0.917. The molecular formula is C12H25ClN2O4S. The first-order valence-electron chi connectivity index (χ1n) is 6.49. The van der Waals surface area contributed by atoms with Crippen molar-refractivity contribution in [1.82, 2.24) is 10.2 Å². The van der Waals surface area contributed by atoms with Crippen LogP contribution in [0.3, 0.4) is 0 Å². The number of hydrogen-bond donors (Lipinski definition) is 1. The van der Waals surface area contributed by atoms with E-state index >= 15 is 0 Å². The summed E-state index contributed by atoms with van der Waals surface area (Å²) in [6.45, 7) is 5.33. The minimum absolute atomic E-state index is 0. The van der Waals surface area contributed by atoms with Gasteiger partial charge in [0.25, 0.3) is 0 Å². The fourth-order valence-electron chi connectivity index (χ4n) is 2.01. The lowest BCUT2D eigenvalue weighted by atomic mass is 10.1. The third-order valence-corrected chi connectivity index (χ3v) is 5.52. The normalized spacial score (nSPS) is 22.5. The summed E-state index contributed by atoms with van der Waals surface area (Å²) in [5.74, 6) is -0.0639. The monoisotopic (exact) mass is 328 g/mol. The summed E-state index contributed by atoms with van der Waals surface area (Å²) in [5, 5.41) is 2.64. The first-order valence-corrected chi connectivity index (χ1v) is 8.44. The number of halogens is 1. The molecular weight excluding hydrogens is 304 g/mol. The molecule has 3 unspecified atom stereocenters. The summed E-state index contributed by atoms with van der Waals surface area (Å²) >= 11 is 0. The van der Waals surface area contributed by atoms with Crippen molar-refractivity contribution in [2.45, 2.75) is 37.6 Å². The third-order valence-electron chi connectivity index (χ3n) is 3.78. The Kier molecular flexibility index (Phi) is 8.01. The second-order valence-corrected chi connectivity index (χ2v) is 7.61. The van der Waals surface area contributed by atoms with Gasteiger partial charge in [-0.05, 0) is 13.8 Å². The molecule has 1 saturated heterocycles. The van der Waals surface area contributed by atoms with Crippen molar-refractivity contribution >= 4 is 28.2 Å². The molecule has 3 atom stereocenters. The van der Waals surface area contributed by atoms with Crippen LogP contribution in [0.1, 0.15) is 20.3 Å². The molecule has 1 amide bonds. The Balaban J connectivity index is 0.00000361. The largest absolute Gasteiger partial charge is 0.378 e. The number of ether oxygens (including phenoxy) is 1. The highest BCUT2D eigenvalue weighted by molar-refractivity contribution is 7.91. The van der Waals surface area contributed by atoms with Gasteiger partial charge in [-0.25, -0.2) is 8.42 Å². The van der Waals surface area contributed by atoms with E-state index in [4.69, 9.17) is 4.74 Å². The second kappa shape index (κ2) is 8.17. The lowest BCUT2D eigenvalue weighted by Gasteiger charge is -2.31. The number of hydrogen-bond acceptors (Lipinski definition) is 5. The Morgan fingerprint density at radius 3 is 2.50 bits per heavy atom. The molecule has 0 aromatic carbocycles. The summed E-state index contributed by atoms with van der Waals surface area (Å²) in [7, 11) is -1.50. The predicted octanol–water partition coefficient (Wildman–Crippen LogP) is 0.0667. The van der Waals surface area contributed by atoms with Crippen LogP contribution in [0.2, 0.25) is 0 Å². The maximum atomic E-state index is 12.1. The molecule has 1 heterocycles. The van der Waals surface area contributed by atoms with E-state index < -0.39 is 15.1 Å². The van der Waals surface area contributed by atoms with Crippen molar-refractivity contribution < 1.29 is 17.9 Å². The van der Waals surface area contributed by atoms with E-state index in [0.717, 1.165) is 6.54 Å². The van der Waals surface area contributed by atoms with E-state index in [2.05, 4.69) is 5.32 Å². The number of sulfone groups is 1. The Morgan fingerprint density at radius 2 is 2.05 bits per heavy atom. The Labute approximate surface area is 127 Å². The summed E-state index contributed by atoms with van der Waals surface area (Å²) < 4.78 is 28.3. The predicted molar refractivity (Wildman–Crippen MR) is 81.0 cm³/mol. The van der Waals surface area contributed by atoms with E-state index in [-0.39, 0.29) is 30.4 Å². The second-order valence-electron chi connectivity index (χ2n) is 5.21. The minimum atomic E-state index is -3.15. The van der Waals surface area contributed by atoms with Gasteiger partial charge in [0.15, 0.2) is 9.84 Å². The molecule has 1 rings (SSSR count). The third kappa shape index (κ3) is 5.55. The molecule has 0 aromatic heterocycles. The molecule has 0 saturated carbocycles. The van der Waals surface area contributed by atoms with E-state index in [1.165, 1.54) is 11.2 Å². The van der Waals surface area contributed by atoms with Crippen LogP contribution in [-0.2, 0) is 19.4 Å². The average molecular weight is 329 g/mol. The number of amides is 1. The highest BCUT2D eigenvalue weighted by atomic mass is 35.5. The first kappa shape index (κ1) is 19.6. The molecule has 1 N–H and O–H groups in total. The van der Waals surface area contributed by atoms with Crippen LogP contribution in [0.25, 0.3) is 0 Å². The summed E-state index contributed by atoms with van der Waals surface area (Å²) in [6.07, 6.45) is 1.53. The molecule has 6 nitrogen and oxygen atoms in total. The van der Waals surface area contributed by atoms with Crippen LogP contribution in [0.5, 0.6) is 0 Å². The number of carbonyl (C=O) groups excluding carboxylic acids is 1. The minimum Gasteiger partial charge on any atom is -0.378 e. The van der Waals surface area contributed by atoms with Crippen molar-refractivity contribution in [3.8, 4) is 0 Å². The van der Waals surface area contributed by atoms with Gasteiger partial charge in [-0.15, -0.1) is 12.4 Å². The van der Waals surface area contributed by atoms with E-state index in [0.29, 0.717) is 19.6 Å². The SMILES string of the molecule is CC(C(C)S(C)(=O)=O)N(C)C(=O)CC1COCCN1.Cl. The summed E-state index contributed by atoms with van der Waals surface area (Å²) in [4.78, 5) is 13.6. The zero-order valence-corrected chi connectivity index (χ0v) is 14.1. The molecule has 1 aliphatic rings. The molecule has 8 heteroatoms. The van der Waals surface area contributed by atoms with Crippen molar-refractivity contribution in [2.75, 3.05) is 33.1 Å². The van der Waals surface area contributed by atoms with Gasteiger partial charge in [0.05, 0.1) is 18.5 Å². The van der Waals surface area contributed by atoms with Crippen molar-refractivity contribution in [2.24, 2.45) is 0 Å². The van der Waals surface area contributed by atoms with Gasteiger partial charge < -0.3 is 15.0 Å². The van der Waals surface area contributed by atoms with Gasteiger partial charge in [0, 0.05) is 38.4 Å². The first-order chi connectivity index (χ1) is 8.73. The maximum absolute atomic E-state index is 12.1. The number of nitrogens with one attached hydrogen (secondary N) is 1. The standard InChI is InChI=1S/C12H24N2O4S.ClH/c1-9(10(2)19(4,16)17)14(3)12(15)7-11-8-18-6-5-13-11;/h9-11,13H,5-8H2,1-4H3;1H. The molecule has 0 aliphatic carbocycles. The molecule has 1 fully saturated rings. The Bertz CT molecular complexity index is 410. The summed E-state index contributed by atoms with van der Waals surface area (Å²) in [5.41, 5.74) is 0. The van der Waals surface area contributed by atoms with E-state index in [9.17, 15) is 13.2 Å². The van der Waals surface area contributed by atoms with Gasteiger partial charge in [-0.1, -0.05) is 0 Å². The molecule has 0 aromatic rings. The molecule has 20 heavy (non-hydrogen) atoms. The number of rotatable bonds is 5. The highest BCUT2D eigenvalue weighted by Gasteiger charge is 2.29. The van der Waals surface area contributed by atoms with Crippen LogP contribution in [0.4, 0.5) is 0 Å². The zero-order chi connectivity index (χ0) is 14.6. The van der Waals surface area contributed by atoms with Crippen LogP contribution >= 0.6 is 12.4 Å². The molecule has 0 bridgehead atoms. The fourth-order valence-corrected chi connectivity index (χ4v) is 2.90.